The van der Waals surface area contributed by atoms with E-state index in [9.17, 15) is 14.9 Å². The number of nitrogens with one attached hydrogen (secondary N) is 2. The summed E-state index contributed by atoms with van der Waals surface area (Å²) in [5.74, 6) is 1.78. The fraction of sp³-hybridized carbons (Fsp3) is 0.346. The Morgan fingerprint density at radius 1 is 1.08 bits per heavy atom. The Kier molecular flexibility index (Phi) is 7.61. The largest absolute Gasteiger partial charge is 0.486 e. The molecule has 0 bridgehead atoms. The lowest BCUT2D eigenvalue weighted by atomic mass is 10.2. The third-order valence-electron chi connectivity index (χ3n) is 6.10. The number of benzene rings is 1. The van der Waals surface area contributed by atoms with Gasteiger partial charge in [0.1, 0.15) is 30.9 Å². The SMILES string of the molecule is CCN(CC(=O)Nc1ccc2c(c1)OCCO2)CC(=O)Nc1c(C#N)c(C)c(C)n1Cc1ccco1. The van der Waals surface area contributed by atoms with Crippen LogP contribution in [0.5, 0.6) is 11.5 Å². The first-order valence-corrected chi connectivity index (χ1v) is 11.7. The topological polar surface area (TPSA) is 122 Å². The van der Waals surface area contributed by atoms with Gasteiger partial charge < -0.3 is 29.1 Å². The molecule has 1 aromatic carbocycles. The van der Waals surface area contributed by atoms with Crippen molar-refractivity contribution in [3.63, 3.8) is 0 Å². The smallest absolute Gasteiger partial charge is 0.239 e. The molecule has 36 heavy (non-hydrogen) atoms. The van der Waals surface area contributed by atoms with Gasteiger partial charge in [0.2, 0.25) is 11.8 Å². The molecular formula is C26H29N5O5. The number of amides is 2. The number of hydrogen-bond acceptors (Lipinski definition) is 7. The van der Waals surface area contributed by atoms with Gasteiger partial charge in [-0.15, -0.1) is 0 Å². The molecule has 0 spiro atoms. The lowest BCUT2D eigenvalue weighted by Gasteiger charge is -2.21. The molecule has 10 nitrogen and oxygen atoms in total. The van der Waals surface area contributed by atoms with Crippen LogP contribution in [0.2, 0.25) is 0 Å². The molecule has 1 aliphatic heterocycles. The molecule has 0 fully saturated rings. The molecule has 3 aromatic rings. The highest BCUT2D eigenvalue weighted by molar-refractivity contribution is 5.95. The van der Waals surface area contributed by atoms with Crippen LogP contribution in [0.1, 0.15) is 29.5 Å². The summed E-state index contributed by atoms with van der Waals surface area (Å²) in [6.45, 7) is 7.45. The summed E-state index contributed by atoms with van der Waals surface area (Å²) in [6, 6.07) is 11.0. The number of fused-ring (bicyclic) bond motifs is 1. The van der Waals surface area contributed by atoms with E-state index in [1.807, 2.05) is 31.4 Å². The standard InChI is InChI=1S/C26H29N5O5/c1-4-30(15-24(32)28-19-7-8-22-23(12-19)36-11-10-35-22)16-25(33)29-26-21(13-27)17(2)18(3)31(26)14-20-6-5-9-34-20/h5-9,12H,4,10-11,14-16H2,1-3H3,(H,28,32)(H,29,33). The maximum Gasteiger partial charge on any atom is 0.239 e. The Hall–Kier alpha value is -4.23. The van der Waals surface area contributed by atoms with Crippen LogP contribution in [-0.2, 0) is 16.1 Å². The van der Waals surface area contributed by atoms with E-state index in [2.05, 4.69) is 16.7 Å². The summed E-state index contributed by atoms with van der Waals surface area (Å²) in [6.07, 6.45) is 1.58. The van der Waals surface area contributed by atoms with Gasteiger partial charge in [-0.05, 0) is 50.2 Å². The number of ether oxygens (including phenoxy) is 2. The van der Waals surface area contributed by atoms with Crippen LogP contribution in [0.15, 0.2) is 41.0 Å². The van der Waals surface area contributed by atoms with E-state index < -0.39 is 0 Å². The number of hydrogen-bond donors (Lipinski definition) is 2. The normalized spacial score (nSPS) is 12.3. The van der Waals surface area contributed by atoms with Gasteiger partial charge in [0, 0.05) is 17.4 Å². The maximum atomic E-state index is 13.0. The number of anilines is 2. The van der Waals surface area contributed by atoms with E-state index in [1.165, 1.54) is 0 Å². The number of likely N-dealkylation sites (N-methyl/N-ethyl adjacent to an activating group) is 1. The Balaban J connectivity index is 1.40. The minimum absolute atomic E-state index is 0.0139. The molecule has 0 radical (unpaired) electrons. The summed E-state index contributed by atoms with van der Waals surface area (Å²) in [7, 11) is 0. The first-order valence-electron chi connectivity index (χ1n) is 11.7. The van der Waals surface area contributed by atoms with E-state index in [1.54, 1.807) is 35.4 Å². The highest BCUT2D eigenvalue weighted by Gasteiger charge is 2.22. The van der Waals surface area contributed by atoms with Crippen LogP contribution in [0.3, 0.4) is 0 Å². The van der Waals surface area contributed by atoms with Gasteiger partial charge in [-0.1, -0.05) is 6.92 Å². The highest BCUT2D eigenvalue weighted by atomic mass is 16.6. The minimum Gasteiger partial charge on any atom is -0.486 e. The zero-order valence-corrected chi connectivity index (χ0v) is 20.6. The zero-order chi connectivity index (χ0) is 25.7. The van der Waals surface area contributed by atoms with Gasteiger partial charge in [-0.3, -0.25) is 14.5 Å². The third-order valence-corrected chi connectivity index (χ3v) is 6.10. The fourth-order valence-corrected chi connectivity index (χ4v) is 4.07. The van der Waals surface area contributed by atoms with Crippen molar-refractivity contribution >= 4 is 23.3 Å². The van der Waals surface area contributed by atoms with Crippen molar-refractivity contribution in [1.29, 1.82) is 5.26 Å². The van der Waals surface area contributed by atoms with E-state index in [4.69, 9.17) is 13.9 Å². The molecule has 0 unspecified atom stereocenters. The molecule has 2 N–H and O–H groups in total. The van der Waals surface area contributed by atoms with Crippen LogP contribution in [0.4, 0.5) is 11.5 Å². The molecule has 2 amide bonds. The molecule has 0 aliphatic carbocycles. The number of nitriles is 1. The van der Waals surface area contributed by atoms with Crippen LogP contribution in [-0.4, -0.2) is 54.1 Å². The minimum atomic E-state index is -0.321. The predicted octanol–water partition coefficient (Wildman–Crippen LogP) is 3.29. The summed E-state index contributed by atoms with van der Waals surface area (Å²) >= 11 is 0. The Labute approximate surface area is 209 Å². The average molecular weight is 492 g/mol. The van der Waals surface area contributed by atoms with Crippen molar-refractivity contribution in [2.75, 3.05) is 43.5 Å². The maximum absolute atomic E-state index is 13.0. The van der Waals surface area contributed by atoms with Gasteiger partial charge >= 0.3 is 0 Å². The molecule has 1 aliphatic rings. The van der Waals surface area contributed by atoms with Crippen molar-refractivity contribution in [1.82, 2.24) is 9.47 Å². The molecule has 0 atom stereocenters. The van der Waals surface area contributed by atoms with E-state index in [0.717, 1.165) is 11.3 Å². The first-order chi connectivity index (χ1) is 17.4. The van der Waals surface area contributed by atoms with Crippen molar-refractivity contribution < 1.29 is 23.5 Å². The van der Waals surface area contributed by atoms with Gasteiger partial charge in [0.25, 0.3) is 0 Å². The van der Waals surface area contributed by atoms with Crippen LogP contribution in [0.25, 0.3) is 0 Å². The average Bonchev–Trinajstić information content (AvgIpc) is 3.46. The number of carbonyl (C=O) groups excluding carboxylic acids is 2. The van der Waals surface area contributed by atoms with Crippen LogP contribution < -0.4 is 20.1 Å². The fourth-order valence-electron chi connectivity index (χ4n) is 4.07. The van der Waals surface area contributed by atoms with Gasteiger partial charge in [-0.2, -0.15) is 5.26 Å². The number of aromatic nitrogens is 1. The molecule has 3 heterocycles. The molecule has 0 saturated carbocycles. The van der Waals surface area contributed by atoms with Gasteiger partial charge in [0.15, 0.2) is 11.5 Å². The second kappa shape index (κ2) is 11.0. The van der Waals surface area contributed by atoms with E-state index in [-0.39, 0.29) is 24.9 Å². The second-order valence-electron chi connectivity index (χ2n) is 8.47. The van der Waals surface area contributed by atoms with E-state index in [0.29, 0.717) is 60.6 Å². The number of nitrogens with zero attached hydrogens (tertiary/aromatic N) is 3. The van der Waals surface area contributed by atoms with Gasteiger partial charge in [-0.25, -0.2) is 0 Å². The van der Waals surface area contributed by atoms with Crippen LogP contribution >= 0.6 is 0 Å². The monoisotopic (exact) mass is 491 g/mol. The lowest BCUT2D eigenvalue weighted by molar-refractivity contribution is -0.119. The van der Waals surface area contributed by atoms with Gasteiger partial charge in [0.05, 0.1) is 31.5 Å². The number of carbonyl (C=O) groups is 2. The second-order valence-corrected chi connectivity index (χ2v) is 8.47. The lowest BCUT2D eigenvalue weighted by Crippen LogP contribution is -2.39. The Morgan fingerprint density at radius 2 is 1.81 bits per heavy atom. The van der Waals surface area contributed by atoms with Crippen LogP contribution in [0, 0.1) is 25.2 Å². The third kappa shape index (κ3) is 5.53. The Morgan fingerprint density at radius 3 is 2.47 bits per heavy atom. The molecule has 188 valence electrons. The zero-order valence-electron chi connectivity index (χ0n) is 20.6. The van der Waals surface area contributed by atoms with Crippen molar-refractivity contribution in [2.24, 2.45) is 0 Å². The number of furan rings is 1. The first kappa shape index (κ1) is 24.9. The molecule has 4 rings (SSSR count). The Bertz CT molecular complexity index is 1290. The molecule has 10 heteroatoms. The van der Waals surface area contributed by atoms with E-state index >= 15 is 0 Å². The molecule has 2 aromatic heterocycles. The summed E-state index contributed by atoms with van der Waals surface area (Å²) in [5.41, 5.74) is 2.66. The summed E-state index contributed by atoms with van der Waals surface area (Å²) in [4.78, 5) is 27.3. The quantitative estimate of drug-likeness (QED) is 0.471. The van der Waals surface area contributed by atoms with Crippen molar-refractivity contribution in [3.8, 4) is 17.6 Å². The molecular weight excluding hydrogens is 462 g/mol. The molecule has 0 saturated heterocycles. The number of rotatable bonds is 9. The van der Waals surface area contributed by atoms with Crippen molar-refractivity contribution in [3.05, 3.63) is 59.2 Å². The summed E-state index contributed by atoms with van der Waals surface area (Å²) < 4.78 is 18.4. The summed E-state index contributed by atoms with van der Waals surface area (Å²) in [5, 5.41) is 15.4. The van der Waals surface area contributed by atoms with Crippen molar-refractivity contribution in [2.45, 2.75) is 27.3 Å². The highest BCUT2D eigenvalue weighted by Crippen LogP contribution is 2.32. The predicted molar refractivity (Wildman–Crippen MR) is 133 cm³/mol.